The van der Waals surface area contributed by atoms with E-state index in [1.807, 2.05) is 11.0 Å². The first-order valence-electron chi connectivity index (χ1n) is 8.78. The van der Waals surface area contributed by atoms with Gasteiger partial charge in [-0.2, -0.15) is 0 Å². The fourth-order valence-corrected chi connectivity index (χ4v) is 3.64. The molecule has 4 rings (SSSR count). The number of urea groups is 1. The number of amides is 2. The second kappa shape index (κ2) is 6.65. The van der Waals surface area contributed by atoms with E-state index in [1.165, 1.54) is 16.7 Å². The summed E-state index contributed by atoms with van der Waals surface area (Å²) in [6.07, 6.45) is 2.95. The number of rotatable bonds is 2. The molecule has 1 saturated heterocycles. The van der Waals surface area contributed by atoms with E-state index in [9.17, 15) is 4.79 Å². The smallest absolute Gasteiger partial charge is 0.322 e. The molecule has 2 N–H and O–H groups in total. The normalized spacial score (nSPS) is 17.6. The lowest BCUT2D eigenvalue weighted by molar-refractivity contribution is 0.239. The van der Waals surface area contributed by atoms with E-state index in [1.54, 1.807) is 0 Å². The number of nitrogens with one attached hydrogen (secondary N) is 2. The van der Waals surface area contributed by atoms with Gasteiger partial charge in [0.15, 0.2) is 0 Å². The average Bonchev–Trinajstić information content (AvgIpc) is 3.06. The van der Waals surface area contributed by atoms with Gasteiger partial charge in [0.2, 0.25) is 0 Å². The van der Waals surface area contributed by atoms with Crippen LogP contribution in [-0.4, -0.2) is 31.7 Å². The molecule has 2 heterocycles. The van der Waals surface area contributed by atoms with Crippen LogP contribution in [0.5, 0.6) is 0 Å². The van der Waals surface area contributed by atoms with Gasteiger partial charge in [-0.3, -0.25) is 4.90 Å². The zero-order chi connectivity index (χ0) is 16.4. The van der Waals surface area contributed by atoms with Crippen molar-refractivity contribution in [2.24, 2.45) is 0 Å². The van der Waals surface area contributed by atoms with Gasteiger partial charge >= 0.3 is 6.03 Å². The fraction of sp³-hybridized carbons (Fsp3) is 0.350. The standard InChI is InChI=1S/C20H23N3O/c24-20(22-18-8-11-21-12-9-18)23-13-10-17-14-16(6-7-19(17)23)15-4-2-1-3-5-15/h1-7,14,18,21H,8-13H2,(H,22,24). The van der Waals surface area contributed by atoms with Gasteiger partial charge in [0.25, 0.3) is 0 Å². The van der Waals surface area contributed by atoms with Gasteiger partial charge in [-0.05, 0) is 61.2 Å². The summed E-state index contributed by atoms with van der Waals surface area (Å²) in [6, 6.07) is 17.2. The van der Waals surface area contributed by atoms with E-state index in [2.05, 4.69) is 53.1 Å². The molecule has 2 aromatic carbocycles. The van der Waals surface area contributed by atoms with Crippen LogP contribution in [-0.2, 0) is 6.42 Å². The van der Waals surface area contributed by atoms with Crippen LogP contribution in [0.25, 0.3) is 11.1 Å². The van der Waals surface area contributed by atoms with Gasteiger partial charge in [0.1, 0.15) is 0 Å². The van der Waals surface area contributed by atoms with Gasteiger partial charge in [0.05, 0.1) is 0 Å². The fourth-order valence-electron chi connectivity index (χ4n) is 3.64. The molecule has 24 heavy (non-hydrogen) atoms. The summed E-state index contributed by atoms with van der Waals surface area (Å²) in [5.41, 5.74) is 4.76. The Labute approximate surface area is 142 Å². The molecule has 0 unspecified atom stereocenters. The zero-order valence-electron chi connectivity index (χ0n) is 13.8. The minimum Gasteiger partial charge on any atom is -0.335 e. The first kappa shape index (κ1) is 15.2. The number of hydrogen-bond donors (Lipinski definition) is 2. The molecule has 0 aliphatic carbocycles. The molecule has 0 spiro atoms. The van der Waals surface area contributed by atoms with Gasteiger partial charge < -0.3 is 10.6 Å². The summed E-state index contributed by atoms with van der Waals surface area (Å²) in [4.78, 5) is 14.5. The van der Waals surface area contributed by atoms with Crippen molar-refractivity contribution >= 4 is 11.7 Å². The van der Waals surface area contributed by atoms with Crippen LogP contribution >= 0.6 is 0 Å². The van der Waals surface area contributed by atoms with Crippen molar-refractivity contribution in [1.82, 2.24) is 10.6 Å². The number of piperidine rings is 1. The topological polar surface area (TPSA) is 44.4 Å². The maximum absolute atomic E-state index is 12.6. The van der Waals surface area contributed by atoms with E-state index >= 15 is 0 Å². The van der Waals surface area contributed by atoms with Gasteiger partial charge in [0, 0.05) is 18.3 Å². The van der Waals surface area contributed by atoms with E-state index in [0.717, 1.165) is 44.6 Å². The van der Waals surface area contributed by atoms with Crippen LogP contribution in [0.1, 0.15) is 18.4 Å². The molecule has 2 aliphatic heterocycles. The Balaban J connectivity index is 1.50. The molecule has 0 aromatic heterocycles. The highest BCUT2D eigenvalue weighted by atomic mass is 16.2. The van der Waals surface area contributed by atoms with E-state index < -0.39 is 0 Å². The average molecular weight is 321 g/mol. The molecule has 4 nitrogen and oxygen atoms in total. The molecular weight excluding hydrogens is 298 g/mol. The van der Waals surface area contributed by atoms with Crippen molar-refractivity contribution in [2.45, 2.75) is 25.3 Å². The minimum absolute atomic E-state index is 0.0492. The van der Waals surface area contributed by atoms with E-state index in [4.69, 9.17) is 0 Å². The van der Waals surface area contributed by atoms with Gasteiger partial charge in [-0.15, -0.1) is 0 Å². The lowest BCUT2D eigenvalue weighted by atomic mass is 10.0. The van der Waals surface area contributed by atoms with Crippen molar-refractivity contribution in [3.8, 4) is 11.1 Å². The first-order chi connectivity index (χ1) is 11.8. The lowest BCUT2D eigenvalue weighted by Crippen LogP contribution is -2.48. The molecule has 124 valence electrons. The number of nitrogens with zero attached hydrogens (tertiary/aromatic N) is 1. The Bertz CT molecular complexity index is 723. The third-order valence-corrected chi connectivity index (χ3v) is 4.99. The van der Waals surface area contributed by atoms with Crippen molar-refractivity contribution in [3.63, 3.8) is 0 Å². The van der Waals surface area contributed by atoms with Gasteiger partial charge in [-0.25, -0.2) is 4.79 Å². The van der Waals surface area contributed by atoms with E-state index in [-0.39, 0.29) is 6.03 Å². The van der Waals surface area contributed by atoms with Gasteiger partial charge in [-0.1, -0.05) is 36.4 Å². The van der Waals surface area contributed by atoms with Crippen LogP contribution in [0.2, 0.25) is 0 Å². The Morgan fingerprint density at radius 2 is 1.83 bits per heavy atom. The molecule has 2 amide bonds. The third kappa shape index (κ3) is 3.02. The van der Waals surface area contributed by atoms with Crippen molar-refractivity contribution in [3.05, 3.63) is 54.1 Å². The molecule has 0 atom stereocenters. The summed E-state index contributed by atoms with van der Waals surface area (Å²) in [7, 11) is 0. The molecule has 0 bridgehead atoms. The van der Waals surface area contributed by atoms with Crippen LogP contribution in [0.15, 0.2) is 48.5 Å². The number of benzene rings is 2. The Kier molecular flexibility index (Phi) is 4.22. The zero-order valence-corrected chi connectivity index (χ0v) is 13.8. The quantitative estimate of drug-likeness (QED) is 0.892. The molecule has 0 saturated carbocycles. The number of anilines is 1. The summed E-state index contributed by atoms with van der Waals surface area (Å²) in [6.45, 7) is 2.74. The predicted octanol–water partition coefficient (Wildman–Crippen LogP) is 3.18. The molecule has 2 aromatic rings. The molecule has 0 radical (unpaired) electrons. The maximum atomic E-state index is 12.6. The lowest BCUT2D eigenvalue weighted by Gasteiger charge is -2.27. The summed E-state index contributed by atoms with van der Waals surface area (Å²) in [5.74, 6) is 0. The van der Waals surface area contributed by atoms with Crippen LogP contribution in [0.4, 0.5) is 10.5 Å². The molecule has 4 heteroatoms. The summed E-state index contributed by atoms with van der Waals surface area (Å²) in [5, 5.41) is 6.53. The highest BCUT2D eigenvalue weighted by Gasteiger charge is 2.26. The largest absolute Gasteiger partial charge is 0.335 e. The second-order valence-electron chi connectivity index (χ2n) is 6.58. The number of carbonyl (C=O) groups is 1. The molecular formula is C20H23N3O. The Morgan fingerprint density at radius 1 is 1.04 bits per heavy atom. The van der Waals surface area contributed by atoms with Crippen LogP contribution < -0.4 is 15.5 Å². The minimum atomic E-state index is 0.0492. The molecule has 2 aliphatic rings. The number of hydrogen-bond acceptors (Lipinski definition) is 2. The second-order valence-corrected chi connectivity index (χ2v) is 6.58. The van der Waals surface area contributed by atoms with Crippen molar-refractivity contribution in [1.29, 1.82) is 0 Å². The van der Waals surface area contributed by atoms with Crippen LogP contribution in [0.3, 0.4) is 0 Å². The summed E-state index contributed by atoms with van der Waals surface area (Å²) >= 11 is 0. The van der Waals surface area contributed by atoms with Crippen molar-refractivity contribution in [2.75, 3.05) is 24.5 Å². The highest BCUT2D eigenvalue weighted by molar-refractivity contribution is 5.95. The SMILES string of the molecule is O=C(NC1CCNCC1)N1CCc2cc(-c3ccccc3)ccc21. The Morgan fingerprint density at radius 3 is 2.62 bits per heavy atom. The predicted molar refractivity (Wildman–Crippen MR) is 97.4 cm³/mol. The summed E-state index contributed by atoms with van der Waals surface area (Å²) < 4.78 is 0. The third-order valence-electron chi connectivity index (χ3n) is 4.99. The number of carbonyl (C=O) groups excluding carboxylic acids is 1. The Hall–Kier alpha value is -2.33. The first-order valence-corrected chi connectivity index (χ1v) is 8.78. The molecule has 1 fully saturated rings. The van der Waals surface area contributed by atoms with Crippen LogP contribution in [0, 0.1) is 0 Å². The van der Waals surface area contributed by atoms with Crippen molar-refractivity contribution < 1.29 is 4.79 Å². The monoisotopic (exact) mass is 321 g/mol. The highest BCUT2D eigenvalue weighted by Crippen LogP contribution is 2.32. The van der Waals surface area contributed by atoms with E-state index in [0.29, 0.717) is 6.04 Å². The maximum Gasteiger partial charge on any atom is 0.322 e. The number of fused-ring (bicyclic) bond motifs is 1.